The highest BCUT2D eigenvalue weighted by Gasteiger charge is 2.42. The number of ether oxygens (including phenoxy) is 2. The molecule has 0 spiro atoms. The third-order valence-electron chi connectivity index (χ3n) is 13.5. The fraction of sp³-hybridized carbons (Fsp3) is 0.577. The molecular formula is C52H70F4N8O8. The number of likely N-dealkylation sites (N-methyl/N-ethyl adjacent to an activating group) is 2. The van der Waals surface area contributed by atoms with E-state index in [1.54, 1.807) is 67.5 Å². The highest BCUT2D eigenvalue weighted by atomic mass is 19.1. The normalized spacial score (nSPS) is 20.0. The van der Waals surface area contributed by atoms with Gasteiger partial charge in [-0.15, -0.1) is 0 Å². The summed E-state index contributed by atoms with van der Waals surface area (Å²) in [5.41, 5.74) is 1.11. The van der Waals surface area contributed by atoms with Gasteiger partial charge in [-0.2, -0.15) is 0 Å². The molecule has 20 heteroatoms. The van der Waals surface area contributed by atoms with Crippen LogP contribution >= 0.6 is 0 Å². The Morgan fingerprint density at radius 2 is 1.00 bits per heavy atom. The number of fused-ring (bicyclic) bond motifs is 2. The summed E-state index contributed by atoms with van der Waals surface area (Å²) in [7, 11) is 2.82. The summed E-state index contributed by atoms with van der Waals surface area (Å²) in [5.74, 6) is -3.39. The van der Waals surface area contributed by atoms with Gasteiger partial charge in [0.05, 0.1) is 24.5 Å². The molecule has 394 valence electrons. The van der Waals surface area contributed by atoms with E-state index in [1.807, 2.05) is 0 Å². The molecule has 2 aromatic heterocycles. The predicted octanol–water partition coefficient (Wildman–Crippen LogP) is 7.86. The molecule has 72 heavy (non-hydrogen) atoms. The van der Waals surface area contributed by atoms with E-state index in [4.69, 9.17) is 9.47 Å². The second-order valence-corrected chi connectivity index (χ2v) is 21.2. The van der Waals surface area contributed by atoms with Crippen LogP contribution in [0.2, 0.25) is 0 Å². The summed E-state index contributed by atoms with van der Waals surface area (Å²) >= 11 is 0. The number of aromatic amines is 2. The highest BCUT2D eigenvalue weighted by Crippen LogP contribution is 2.40. The molecule has 8 atom stereocenters. The Morgan fingerprint density at radius 3 is 1.32 bits per heavy atom. The van der Waals surface area contributed by atoms with E-state index in [1.165, 1.54) is 62.0 Å². The number of benzene rings is 2. The van der Waals surface area contributed by atoms with E-state index in [2.05, 4.69) is 20.6 Å². The van der Waals surface area contributed by atoms with Crippen LogP contribution in [0.15, 0.2) is 36.4 Å². The zero-order chi connectivity index (χ0) is 53.3. The Kier molecular flexibility index (Phi) is 16.6. The molecule has 4 aromatic rings. The number of hydrogen-bond donors (Lipinski definition) is 4. The third kappa shape index (κ3) is 12.5. The van der Waals surface area contributed by atoms with E-state index in [9.17, 15) is 37.5 Å². The average Bonchev–Trinajstić information content (AvgIpc) is 4.06. The molecule has 2 aliphatic heterocycles. The number of likely N-dealkylation sites (tertiary alicyclic amines) is 2. The third-order valence-corrected chi connectivity index (χ3v) is 13.5. The van der Waals surface area contributed by atoms with Crippen LogP contribution in [0.3, 0.4) is 0 Å². The first kappa shape index (κ1) is 55.0. The predicted molar refractivity (Wildman–Crippen MR) is 264 cm³/mol. The van der Waals surface area contributed by atoms with E-state index in [-0.39, 0.29) is 51.6 Å². The van der Waals surface area contributed by atoms with Crippen molar-refractivity contribution in [3.05, 3.63) is 59.2 Å². The Bertz CT molecular complexity index is 2500. The van der Waals surface area contributed by atoms with Gasteiger partial charge in [-0.1, -0.05) is 13.8 Å². The Balaban J connectivity index is 1.31. The molecule has 2 aromatic carbocycles. The molecule has 0 unspecified atom stereocenters. The smallest absolute Gasteiger partial charge is 0.410 e. The van der Waals surface area contributed by atoms with Gasteiger partial charge < -0.3 is 39.9 Å². The minimum atomic E-state index is -1.42. The van der Waals surface area contributed by atoms with E-state index < -0.39 is 107 Å². The van der Waals surface area contributed by atoms with Crippen molar-refractivity contribution in [2.45, 2.75) is 168 Å². The maximum Gasteiger partial charge on any atom is 0.410 e. The van der Waals surface area contributed by atoms with Gasteiger partial charge in [0, 0.05) is 60.8 Å². The van der Waals surface area contributed by atoms with Crippen molar-refractivity contribution in [1.29, 1.82) is 0 Å². The number of hydrogen-bond acceptors (Lipinski definition) is 8. The molecule has 4 N–H and O–H groups in total. The lowest BCUT2D eigenvalue weighted by atomic mass is 9.94. The first-order chi connectivity index (χ1) is 33.6. The number of carbonyl (C=O) groups excluding carboxylic acids is 6. The molecule has 4 heterocycles. The molecule has 0 aliphatic carbocycles. The van der Waals surface area contributed by atoms with Crippen molar-refractivity contribution >= 4 is 57.6 Å². The summed E-state index contributed by atoms with van der Waals surface area (Å²) in [5, 5.41) is 6.61. The monoisotopic (exact) mass is 1010 g/mol. The average molecular weight is 1010 g/mol. The quantitative estimate of drug-likeness (QED) is 0.0866. The summed E-state index contributed by atoms with van der Waals surface area (Å²) in [6.45, 7) is 16.0. The number of nitrogens with zero attached hydrogens (tertiary/aromatic N) is 4. The van der Waals surface area contributed by atoms with Crippen LogP contribution in [-0.4, -0.2) is 152 Å². The molecule has 2 fully saturated rings. The number of aromatic nitrogens is 2. The Hall–Kier alpha value is -6.34. The topological polar surface area (TPSA) is 189 Å². The van der Waals surface area contributed by atoms with E-state index in [0.717, 1.165) is 9.80 Å². The molecule has 0 radical (unpaired) electrons. The zero-order valence-corrected chi connectivity index (χ0v) is 43.3. The van der Waals surface area contributed by atoms with Gasteiger partial charge in [-0.3, -0.25) is 29.0 Å². The first-order valence-electron chi connectivity index (χ1n) is 24.6. The Labute approximate surface area is 417 Å². The van der Waals surface area contributed by atoms with Gasteiger partial charge in [0.15, 0.2) is 0 Å². The zero-order valence-electron chi connectivity index (χ0n) is 43.3. The largest absolute Gasteiger partial charge is 0.444 e. The van der Waals surface area contributed by atoms with Crippen LogP contribution in [0.25, 0.3) is 33.2 Å². The molecular weight excluding hydrogens is 941 g/mol. The van der Waals surface area contributed by atoms with Crippen molar-refractivity contribution in [1.82, 2.24) is 40.2 Å². The highest BCUT2D eigenvalue weighted by molar-refractivity contribution is 5.97. The summed E-state index contributed by atoms with van der Waals surface area (Å²) in [4.78, 5) is 93.0. The van der Waals surface area contributed by atoms with Gasteiger partial charge in [0.1, 0.15) is 59.3 Å². The van der Waals surface area contributed by atoms with Gasteiger partial charge in [-0.05, 0) is 129 Å². The van der Waals surface area contributed by atoms with Crippen LogP contribution in [0.5, 0.6) is 0 Å². The van der Waals surface area contributed by atoms with Crippen LogP contribution in [0, 0.1) is 11.6 Å². The number of rotatable bonds is 15. The molecule has 16 nitrogen and oxygen atoms in total. The number of H-pyrrole nitrogens is 2. The minimum absolute atomic E-state index is 0.0540. The summed E-state index contributed by atoms with van der Waals surface area (Å²) in [6.07, 6.45) is -4.02. The molecule has 6 amide bonds. The second kappa shape index (κ2) is 21.8. The SMILES string of the molecule is CC[C@H](NC(=O)[C@H](C)N(C)C(=O)OC(C)(C)C)C(=O)N1C[C@@H](F)C[C@H]1Cc1c(-c2[nH]c3cc(F)ccc3c2C[C@@H]2C[C@H](F)CN2C(=O)[C@H](CC)NC(=O)[C@H](C)N(C)C(=O)OC(C)(C)C)[nH]c2cc(F)ccc12. The van der Waals surface area contributed by atoms with Crippen LogP contribution < -0.4 is 10.6 Å². The molecule has 0 saturated carbocycles. The van der Waals surface area contributed by atoms with Gasteiger partial charge in [0.25, 0.3) is 0 Å². The van der Waals surface area contributed by atoms with Gasteiger partial charge in [0.2, 0.25) is 23.6 Å². The number of alkyl halides is 2. The van der Waals surface area contributed by atoms with Crippen molar-refractivity contribution in [3.8, 4) is 11.4 Å². The first-order valence-corrected chi connectivity index (χ1v) is 24.6. The fourth-order valence-corrected chi connectivity index (χ4v) is 9.42. The molecule has 2 saturated heterocycles. The van der Waals surface area contributed by atoms with E-state index in [0.29, 0.717) is 44.3 Å². The van der Waals surface area contributed by atoms with E-state index >= 15 is 8.78 Å². The molecule has 2 aliphatic rings. The molecule has 6 rings (SSSR count). The number of amides is 6. The fourth-order valence-electron chi connectivity index (χ4n) is 9.42. The number of halogens is 4. The lowest BCUT2D eigenvalue weighted by Gasteiger charge is -2.31. The summed E-state index contributed by atoms with van der Waals surface area (Å²) < 4.78 is 72.1. The maximum absolute atomic E-state index is 15.7. The Morgan fingerprint density at radius 1 is 0.653 bits per heavy atom. The van der Waals surface area contributed by atoms with Crippen molar-refractivity contribution in [2.75, 3.05) is 27.2 Å². The van der Waals surface area contributed by atoms with Crippen molar-refractivity contribution in [2.24, 2.45) is 0 Å². The number of nitrogens with one attached hydrogen (secondary N) is 4. The van der Waals surface area contributed by atoms with Gasteiger partial charge >= 0.3 is 12.2 Å². The lowest BCUT2D eigenvalue weighted by Crippen LogP contribution is -2.55. The second-order valence-electron chi connectivity index (χ2n) is 21.2. The summed E-state index contributed by atoms with van der Waals surface area (Å²) in [6, 6.07) is 2.60. The molecule has 0 bridgehead atoms. The minimum Gasteiger partial charge on any atom is -0.444 e. The van der Waals surface area contributed by atoms with Crippen LogP contribution in [-0.2, 0) is 41.5 Å². The van der Waals surface area contributed by atoms with Gasteiger partial charge in [-0.25, -0.2) is 27.2 Å². The van der Waals surface area contributed by atoms with Crippen LogP contribution in [0.1, 0.15) is 106 Å². The van der Waals surface area contributed by atoms with Crippen LogP contribution in [0.4, 0.5) is 27.2 Å². The van der Waals surface area contributed by atoms with Crippen molar-refractivity contribution in [3.63, 3.8) is 0 Å². The maximum atomic E-state index is 15.7. The standard InChI is InChI=1S/C52H70F4N8O8/c1-13-39(59-45(65)27(3)61(11)49(69)71-51(5,6)7)47(67)63-25-31(55)19-33(63)23-37-35-17-15-29(53)21-41(35)57-43(37)44-38(36-18-16-30(54)22-42(36)58-44)24-34-20-32(56)26-64(34)48(68)40(14-2)60-46(66)28(4)62(12)50(70)72-52(8,9)10/h15-18,21-22,27-28,31-34,39-40,57-58H,13-14,19-20,23-26H2,1-12H3,(H,59,65)(H,60,66)/t27-,28-,31-,32-,33-,34-,39-,40-/m0/s1. The van der Waals surface area contributed by atoms with Crippen molar-refractivity contribution < 1.29 is 55.8 Å². The number of carbonyl (C=O) groups is 6. The lowest BCUT2D eigenvalue weighted by molar-refractivity contribution is -0.138.